The van der Waals surface area contributed by atoms with Crippen molar-refractivity contribution >= 4 is 23.2 Å². The average Bonchev–Trinajstić information content (AvgIpc) is 3.16. The maximum Gasteiger partial charge on any atom is 0.185 e. The van der Waals surface area contributed by atoms with Crippen LogP contribution in [-0.4, -0.2) is 12.9 Å². The number of halogens is 2. The molecule has 2 aromatic carbocycles. The molecule has 0 aliphatic rings. The van der Waals surface area contributed by atoms with E-state index in [1.807, 2.05) is 35.7 Å². The molecule has 3 aromatic rings. The van der Waals surface area contributed by atoms with Gasteiger partial charge in [0.25, 0.3) is 0 Å². The van der Waals surface area contributed by atoms with Gasteiger partial charge in [0.2, 0.25) is 0 Å². The van der Waals surface area contributed by atoms with E-state index in [0.29, 0.717) is 5.75 Å². The molecule has 0 amide bonds. The number of hydrogen-bond donors (Lipinski definition) is 0. The van der Waals surface area contributed by atoms with E-state index in [-0.39, 0.29) is 5.56 Å². The van der Waals surface area contributed by atoms with E-state index in [2.05, 4.69) is 0 Å². The molecular weight excluding hydrogens is 342 g/mol. The molecule has 126 valence electrons. The van der Waals surface area contributed by atoms with Gasteiger partial charge in [0, 0.05) is 16.0 Å². The van der Waals surface area contributed by atoms with Gasteiger partial charge in [0.15, 0.2) is 17.4 Å². The highest BCUT2D eigenvalue weighted by molar-refractivity contribution is 7.13. The fourth-order valence-electron chi connectivity index (χ4n) is 2.37. The van der Waals surface area contributed by atoms with Crippen molar-refractivity contribution in [3.05, 3.63) is 82.7 Å². The average molecular weight is 356 g/mol. The molecule has 0 N–H and O–H groups in total. The van der Waals surface area contributed by atoms with Crippen LogP contribution in [0.3, 0.4) is 0 Å². The monoisotopic (exact) mass is 356 g/mol. The standard InChI is InChI=1S/C20H14F2O2S/c1-24-19-9-6-15(20-3-2-10-25-20)11-14(19)5-8-18(23)13-4-7-16(21)17(22)12-13/h2-12H,1H3. The van der Waals surface area contributed by atoms with Gasteiger partial charge in [-0.25, -0.2) is 8.78 Å². The predicted molar refractivity (Wildman–Crippen MR) is 96.0 cm³/mol. The van der Waals surface area contributed by atoms with Gasteiger partial charge in [-0.05, 0) is 65.6 Å². The summed E-state index contributed by atoms with van der Waals surface area (Å²) in [6.45, 7) is 0. The van der Waals surface area contributed by atoms with E-state index in [0.717, 1.165) is 28.1 Å². The Morgan fingerprint density at radius 3 is 2.60 bits per heavy atom. The molecule has 1 heterocycles. The van der Waals surface area contributed by atoms with E-state index in [4.69, 9.17) is 4.74 Å². The molecule has 0 atom stereocenters. The van der Waals surface area contributed by atoms with Crippen LogP contribution in [0.15, 0.2) is 60.0 Å². The molecule has 5 heteroatoms. The van der Waals surface area contributed by atoms with Gasteiger partial charge in [-0.2, -0.15) is 0 Å². The molecule has 0 unspecified atom stereocenters. The molecule has 0 radical (unpaired) electrons. The second-order valence-corrected chi connectivity index (χ2v) is 6.21. The fraction of sp³-hybridized carbons (Fsp3) is 0.0500. The Morgan fingerprint density at radius 2 is 1.92 bits per heavy atom. The van der Waals surface area contributed by atoms with Gasteiger partial charge in [-0.1, -0.05) is 6.07 Å². The van der Waals surface area contributed by atoms with Gasteiger partial charge in [0.05, 0.1) is 7.11 Å². The van der Waals surface area contributed by atoms with Crippen LogP contribution in [0.4, 0.5) is 8.78 Å². The molecule has 0 aliphatic heterocycles. The summed E-state index contributed by atoms with van der Waals surface area (Å²) in [4.78, 5) is 13.3. The Bertz CT molecular complexity index is 931. The summed E-state index contributed by atoms with van der Waals surface area (Å²) < 4.78 is 31.6. The summed E-state index contributed by atoms with van der Waals surface area (Å²) in [5.74, 6) is -1.82. The molecule has 25 heavy (non-hydrogen) atoms. The van der Waals surface area contributed by atoms with Crippen LogP contribution in [-0.2, 0) is 0 Å². The zero-order valence-electron chi connectivity index (χ0n) is 13.3. The number of methoxy groups -OCH3 is 1. The summed E-state index contributed by atoms with van der Waals surface area (Å²) in [5, 5.41) is 1.99. The molecule has 0 fully saturated rings. The van der Waals surface area contributed by atoms with Crippen LogP contribution in [0.1, 0.15) is 15.9 Å². The molecule has 1 aromatic heterocycles. The van der Waals surface area contributed by atoms with Gasteiger partial charge < -0.3 is 4.74 Å². The number of benzene rings is 2. The van der Waals surface area contributed by atoms with E-state index in [9.17, 15) is 13.6 Å². The minimum atomic E-state index is -1.04. The third kappa shape index (κ3) is 3.83. The maximum atomic E-state index is 13.3. The highest BCUT2D eigenvalue weighted by Crippen LogP contribution is 2.30. The predicted octanol–water partition coefficient (Wildman–Crippen LogP) is 5.60. The highest BCUT2D eigenvalue weighted by Gasteiger charge is 2.09. The van der Waals surface area contributed by atoms with Crippen molar-refractivity contribution in [3.8, 4) is 16.2 Å². The lowest BCUT2D eigenvalue weighted by atomic mass is 10.1. The summed E-state index contributed by atoms with van der Waals surface area (Å²) in [6.07, 6.45) is 2.93. The SMILES string of the molecule is COc1ccc(-c2cccs2)cc1C=CC(=O)c1ccc(F)c(F)c1. The molecule has 0 saturated heterocycles. The van der Waals surface area contributed by atoms with E-state index in [1.54, 1.807) is 24.5 Å². The second kappa shape index (κ2) is 7.40. The first-order valence-corrected chi connectivity index (χ1v) is 8.36. The zero-order valence-corrected chi connectivity index (χ0v) is 14.1. The van der Waals surface area contributed by atoms with E-state index >= 15 is 0 Å². The Labute approximate surface area is 148 Å². The smallest absolute Gasteiger partial charge is 0.185 e. The zero-order chi connectivity index (χ0) is 17.8. The van der Waals surface area contributed by atoms with Crippen LogP contribution in [0.2, 0.25) is 0 Å². The van der Waals surface area contributed by atoms with Gasteiger partial charge in [0.1, 0.15) is 5.75 Å². The van der Waals surface area contributed by atoms with Crippen LogP contribution in [0, 0.1) is 11.6 Å². The van der Waals surface area contributed by atoms with Gasteiger partial charge in [-0.15, -0.1) is 11.3 Å². The summed E-state index contributed by atoms with van der Waals surface area (Å²) in [6, 6.07) is 12.7. The first kappa shape index (κ1) is 17.0. The van der Waals surface area contributed by atoms with Crippen molar-refractivity contribution in [2.75, 3.05) is 7.11 Å². The number of allylic oxidation sites excluding steroid dienone is 1. The largest absolute Gasteiger partial charge is 0.496 e. The van der Waals surface area contributed by atoms with Crippen LogP contribution >= 0.6 is 11.3 Å². The third-order valence-corrected chi connectivity index (χ3v) is 4.57. The molecule has 3 rings (SSSR count). The van der Waals surface area contributed by atoms with Gasteiger partial charge >= 0.3 is 0 Å². The topological polar surface area (TPSA) is 26.3 Å². The number of hydrogen-bond acceptors (Lipinski definition) is 3. The number of carbonyl (C=O) groups excluding carboxylic acids is 1. The number of ether oxygens (including phenoxy) is 1. The second-order valence-electron chi connectivity index (χ2n) is 5.26. The van der Waals surface area contributed by atoms with Crippen molar-refractivity contribution in [2.24, 2.45) is 0 Å². The molecule has 0 saturated carbocycles. The molecule has 0 aliphatic carbocycles. The van der Waals surface area contributed by atoms with Crippen molar-refractivity contribution in [2.45, 2.75) is 0 Å². The van der Waals surface area contributed by atoms with Crippen molar-refractivity contribution in [1.29, 1.82) is 0 Å². The minimum Gasteiger partial charge on any atom is -0.496 e. The highest BCUT2D eigenvalue weighted by atomic mass is 32.1. The number of carbonyl (C=O) groups is 1. The van der Waals surface area contributed by atoms with E-state index < -0.39 is 17.4 Å². The molecule has 2 nitrogen and oxygen atoms in total. The summed E-state index contributed by atoms with van der Waals surface area (Å²) in [5.41, 5.74) is 1.82. The lowest BCUT2D eigenvalue weighted by molar-refractivity contribution is 0.104. The van der Waals surface area contributed by atoms with Gasteiger partial charge in [-0.3, -0.25) is 4.79 Å². The number of ketones is 1. The Hall–Kier alpha value is -2.79. The van der Waals surface area contributed by atoms with Crippen molar-refractivity contribution in [3.63, 3.8) is 0 Å². The molecular formula is C20H14F2O2S. The first-order chi connectivity index (χ1) is 12.1. The molecule has 0 spiro atoms. The van der Waals surface area contributed by atoms with Crippen molar-refractivity contribution in [1.82, 2.24) is 0 Å². The maximum absolute atomic E-state index is 13.3. The molecule has 0 bridgehead atoms. The quantitative estimate of drug-likeness (QED) is 0.439. The summed E-state index contributed by atoms with van der Waals surface area (Å²) in [7, 11) is 1.55. The lowest BCUT2D eigenvalue weighted by Crippen LogP contribution is -1.97. The van der Waals surface area contributed by atoms with Crippen LogP contribution < -0.4 is 4.74 Å². The lowest BCUT2D eigenvalue weighted by Gasteiger charge is -2.07. The summed E-state index contributed by atoms with van der Waals surface area (Å²) >= 11 is 1.61. The minimum absolute atomic E-state index is 0.0866. The Balaban J connectivity index is 1.90. The van der Waals surface area contributed by atoms with Crippen molar-refractivity contribution < 1.29 is 18.3 Å². The van der Waals surface area contributed by atoms with Crippen LogP contribution in [0.5, 0.6) is 5.75 Å². The fourth-order valence-corrected chi connectivity index (χ4v) is 3.10. The van der Waals surface area contributed by atoms with E-state index in [1.165, 1.54) is 12.1 Å². The Morgan fingerprint density at radius 1 is 1.08 bits per heavy atom. The van der Waals surface area contributed by atoms with Crippen LogP contribution in [0.25, 0.3) is 16.5 Å². The first-order valence-electron chi connectivity index (χ1n) is 7.48. The number of thiophene rings is 1. The Kier molecular flexibility index (Phi) is 5.05. The number of rotatable bonds is 5. The normalized spacial score (nSPS) is 11.0. The third-order valence-electron chi connectivity index (χ3n) is 3.65.